The Balaban J connectivity index is 4.58. The standard InChI is InChI=1S/C8H16N2O4/c1-2-3-4(11)5(7(10)12)6(9)8(13)14/h4-6,11H,2-3,9H2,1H3,(H2,10,12)(H,13,14). The molecule has 0 aromatic carbocycles. The van der Waals surface area contributed by atoms with Gasteiger partial charge >= 0.3 is 5.97 Å². The molecule has 6 N–H and O–H groups in total. The molecule has 6 heteroatoms. The molecule has 0 radical (unpaired) electrons. The van der Waals surface area contributed by atoms with Gasteiger partial charge in [-0.15, -0.1) is 0 Å². The highest BCUT2D eigenvalue weighted by Gasteiger charge is 2.34. The minimum absolute atomic E-state index is 0.300. The maximum Gasteiger partial charge on any atom is 0.321 e. The highest BCUT2D eigenvalue weighted by molar-refractivity contribution is 5.85. The quantitative estimate of drug-likeness (QED) is 0.426. The maximum atomic E-state index is 10.9. The number of nitrogens with two attached hydrogens (primary N) is 2. The van der Waals surface area contributed by atoms with Crippen molar-refractivity contribution < 1.29 is 19.8 Å². The molecule has 0 aromatic heterocycles. The van der Waals surface area contributed by atoms with Crippen LogP contribution >= 0.6 is 0 Å². The number of aliphatic hydroxyl groups is 1. The molecule has 6 nitrogen and oxygen atoms in total. The Morgan fingerprint density at radius 2 is 1.93 bits per heavy atom. The van der Waals surface area contributed by atoms with E-state index in [2.05, 4.69) is 0 Å². The molecule has 82 valence electrons. The van der Waals surface area contributed by atoms with Crippen LogP contribution in [-0.4, -0.2) is 34.2 Å². The van der Waals surface area contributed by atoms with Gasteiger partial charge in [-0.05, 0) is 6.42 Å². The molecule has 0 heterocycles. The number of carbonyl (C=O) groups is 2. The second-order valence-electron chi connectivity index (χ2n) is 3.15. The molecule has 3 atom stereocenters. The molecule has 0 aromatic rings. The molecule has 0 aliphatic heterocycles. The Morgan fingerprint density at radius 3 is 2.21 bits per heavy atom. The Kier molecular flexibility index (Phi) is 5.11. The third-order valence-corrected chi connectivity index (χ3v) is 2.00. The largest absolute Gasteiger partial charge is 0.480 e. The van der Waals surface area contributed by atoms with E-state index in [1.54, 1.807) is 6.92 Å². The van der Waals surface area contributed by atoms with Crippen molar-refractivity contribution in [3.05, 3.63) is 0 Å². The molecule has 14 heavy (non-hydrogen) atoms. The summed E-state index contributed by atoms with van der Waals surface area (Å²) in [5.41, 5.74) is 10.2. The predicted octanol–water partition coefficient (Wildman–Crippen LogP) is -1.34. The van der Waals surface area contributed by atoms with Gasteiger partial charge in [0, 0.05) is 0 Å². The molecular formula is C8H16N2O4. The van der Waals surface area contributed by atoms with Crippen molar-refractivity contribution in [2.75, 3.05) is 0 Å². The highest BCUT2D eigenvalue weighted by Crippen LogP contribution is 2.12. The number of carboxylic acid groups (broad SMARTS) is 1. The number of carbonyl (C=O) groups excluding carboxylic acids is 1. The van der Waals surface area contributed by atoms with Crippen molar-refractivity contribution >= 4 is 11.9 Å². The zero-order valence-corrected chi connectivity index (χ0v) is 8.01. The number of aliphatic hydroxyl groups excluding tert-OH is 1. The van der Waals surface area contributed by atoms with Crippen LogP contribution < -0.4 is 11.5 Å². The van der Waals surface area contributed by atoms with E-state index >= 15 is 0 Å². The van der Waals surface area contributed by atoms with Crippen molar-refractivity contribution in [3.63, 3.8) is 0 Å². The molecule has 0 saturated carbocycles. The summed E-state index contributed by atoms with van der Waals surface area (Å²) in [6.45, 7) is 1.80. The summed E-state index contributed by atoms with van der Waals surface area (Å²) >= 11 is 0. The van der Waals surface area contributed by atoms with Gasteiger partial charge in [0.25, 0.3) is 0 Å². The van der Waals surface area contributed by atoms with E-state index in [1.807, 2.05) is 0 Å². The zero-order valence-electron chi connectivity index (χ0n) is 8.01. The second kappa shape index (κ2) is 5.56. The van der Waals surface area contributed by atoms with E-state index in [-0.39, 0.29) is 0 Å². The summed E-state index contributed by atoms with van der Waals surface area (Å²) in [6.07, 6.45) is -0.171. The van der Waals surface area contributed by atoms with E-state index in [0.717, 1.165) is 0 Å². The number of primary amides is 1. The molecule has 3 unspecified atom stereocenters. The first-order valence-electron chi connectivity index (χ1n) is 4.37. The minimum Gasteiger partial charge on any atom is -0.480 e. The van der Waals surface area contributed by atoms with Crippen LogP contribution in [0.25, 0.3) is 0 Å². The SMILES string of the molecule is CCCC(O)C(C(N)=O)C(N)C(=O)O. The van der Waals surface area contributed by atoms with Crippen LogP contribution in [-0.2, 0) is 9.59 Å². The third-order valence-electron chi connectivity index (χ3n) is 2.00. The average molecular weight is 204 g/mol. The normalized spacial score (nSPS) is 17.1. The van der Waals surface area contributed by atoms with Crippen LogP contribution in [0.3, 0.4) is 0 Å². The van der Waals surface area contributed by atoms with E-state index in [4.69, 9.17) is 16.6 Å². The number of hydrogen-bond donors (Lipinski definition) is 4. The lowest BCUT2D eigenvalue weighted by atomic mass is 9.91. The molecular weight excluding hydrogens is 188 g/mol. The minimum atomic E-state index is -1.45. The number of aliphatic carboxylic acids is 1. The maximum absolute atomic E-state index is 10.9. The molecule has 0 spiro atoms. The number of rotatable bonds is 6. The molecule has 0 aliphatic rings. The van der Waals surface area contributed by atoms with Gasteiger partial charge in [0.05, 0.1) is 12.0 Å². The summed E-state index contributed by atoms with van der Waals surface area (Å²) in [5, 5.41) is 18.0. The summed E-state index contributed by atoms with van der Waals surface area (Å²) in [7, 11) is 0. The van der Waals surface area contributed by atoms with Crippen LogP contribution in [0.15, 0.2) is 0 Å². The first kappa shape index (κ1) is 12.9. The Morgan fingerprint density at radius 1 is 1.43 bits per heavy atom. The summed E-state index contributed by atoms with van der Waals surface area (Å²) in [4.78, 5) is 21.4. The smallest absolute Gasteiger partial charge is 0.321 e. The topological polar surface area (TPSA) is 127 Å². The number of hydrogen-bond acceptors (Lipinski definition) is 4. The first-order chi connectivity index (χ1) is 6.41. The van der Waals surface area contributed by atoms with Crippen LogP contribution in [0, 0.1) is 5.92 Å². The molecule has 0 aliphatic carbocycles. The zero-order chi connectivity index (χ0) is 11.3. The molecule has 0 rings (SSSR count). The predicted molar refractivity (Wildman–Crippen MR) is 49.2 cm³/mol. The summed E-state index contributed by atoms with van der Waals surface area (Å²) in [5.74, 6) is -3.46. The van der Waals surface area contributed by atoms with E-state index in [0.29, 0.717) is 12.8 Å². The fraction of sp³-hybridized carbons (Fsp3) is 0.750. The molecule has 0 bridgehead atoms. The molecule has 0 saturated heterocycles. The van der Waals surface area contributed by atoms with Crippen molar-refractivity contribution in [2.24, 2.45) is 17.4 Å². The van der Waals surface area contributed by atoms with Gasteiger partial charge in [-0.25, -0.2) is 0 Å². The lowest BCUT2D eigenvalue weighted by Gasteiger charge is -2.22. The first-order valence-corrected chi connectivity index (χ1v) is 4.37. The van der Waals surface area contributed by atoms with Crippen LogP contribution in [0.2, 0.25) is 0 Å². The highest BCUT2D eigenvalue weighted by atomic mass is 16.4. The second-order valence-corrected chi connectivity index (χ2v) is 3.15. The van der Waals surface area contributed by atoms with Crippen LogP contribution in [0.5, 0.6) is 0 Å². The van der Waals surface area contributed by atoms with Gasteiger partial charge < -0.3 is 21.7 Å². The monoisotopic (exact) mass is 204 g/mol. The fourth-order valence-corrected chi connectivity index (χ4v) is 1.23. The van der Waals surface area contributed by atoms with Crippen LogP contribution in [0.1, 0.15) is 19.8 Å². The Hall–Kier alpha value is -1.14. The van der Waals surface area contributed by atoms with Gasteiger partial charge in [0.2, 0.25) is 5.91 Å². The van der Waals surface area contributed by atoms with Crippen molar-refractivity contribution in [1.29, 1.82) is 0 Å². The van der Waals surface area contributed by atoms with Crippen molar-refractivity contribution in [3.8, 4) is 0 Å². The van der Waals surface area contributed by atoms with Gasteiger partial charge in [0.1, 0.15) is 6.04 Å². The third kappa shape index (κ3) is 3.31. The van der Waals surface area contributed by atoms with Gasteiger partial charge in [-0.1, -0.05) is 13.3 Å². The fourth-order valence-electron chi connectivity index (χ4n) is 1.23. The number of carboxylic acids is 1. The van der Waals surface area contributed by atoms with Crippen molar-refractivity contribution in [1.82, 2.24) is 0 Å². The lowest BCUT2D eigenvalue weighted by Crippen LogP contribution is -2.50. The number of amides is 1. The van der Waals surface area contributed by atoms with Crippen LogP contribution in [0.4, 0.5) is 0 Å². The van der Waals surface area contributed by atoms with Gasteiger partial charge in [-0.3, -0.25) is 9.59 Å². The molecule has 1 amide bonds. The average Bonchev–Trinajstić information content (AvgIpc) is 2.03. The van der Waals surface area contributed by atoms with Crippen molar-refractivity contribution in [2.45, 2.75) is 31.9 Å². The van der Waals surface area contributed by atoms with E-state index in [1.165, 1.54) is 0 Å². The van der Waals surface area contributed by atoms with E-state index in [9.17, 15) is 14.7 Å². The van der Waals surface area contributed by atoms with E-state index < -0.39 is 29.9 Å². The lowest BCUT2D eigenvalue weighted by molar-refractivity contribution is -0.145. The summed E-state index contributed by atoms with van der Waals surface area (Å²) in [6, 6.07) is -1.45. The summed E-state index contributed by atoms with van der Waals surface area (Å²) < 4.78 is 0. The van der Waals surface area contributed by atoms with Gasteiger partial charge in [-0.2, -0.15) is 0 Å². The Labute approximate surface area is 81.9 Å². The Bertz CT molecular complexity index is 219. The molecule has 0 fully saturated rings. The van der Waals surface area contributed by atoms with Gasteiger partial charge in [0.15, 0.2) is 0 Å².